The van der Waals surface area contributed by atoms with Crippen molar-refractivity contribution in [1.82, 2.24) is 14.8 Å². The predicted molar refractivity (Wildman–Crippen MR) is 63.1 cm³/mol. The summed E-state index contributed by atoms with van der Waals surface area (Å²) in [5.41, 5.74) is 6.05. The lowest BCUT2D eigenvalue weighted by atomic mass is 10.1. The molecular formula is C11H22N4O. The summed E-state index contributed by atoms with van der Waals surface area (Å²) < 4.78 is 7.12. The molecule has 0 bridgehead atoms. The van der Waals surface area contributed by atoms with Gasteiger partial charge in [0.2, 0.25) is 0 Å². The highest BCUT2D eigenvalue weighted by Gasteiger charge is 2.12. The summed E-state index contributed by atoms with van der Waals surface area (Å²) in [4.78, 5) is 4.24. The fraction of sp³-hybridized carbons (Fsp3) is 0.818. The van der Waals surface area contributed by atoms with Crippen LogP contribution in [-0.4, -0.2) is 34.0 Å². The third-order valence-electron chi connectivity index (χ3n) is 2.61. The first-order chi connectivity index (χ1) is 7.67. The second kappa shape index (κ2) is 6.60. The van der Waals surface area contributed by atoms with E-state index in [-0.39, 0.29) is 12.1 Å². The van der Waals surface area contributed by atoms with E-state index < -0.39 is 0 Å². The lowest BCUT2D eigenvalue weighted by Crippen LogP contribution is -2.29. The van der Waals surface area contributed by atoms with Crippen molar-refractivity contribution >= 4 is 0 Å². The van der Waals surface area contributed by atoms with E-state index in [0.29, 0.717) is 0 Å². The SMILES string of the molecule is CCCn1ncnc1CC(N)CC(C)OC. The molecule has 2 N–H and O–H groups in total. The number of nitrogens with zero attached hydrogens (tertiary/aromatic N) is 3. The zero-order valence-electron chi connectivity index (χ0n) is 10.4. The fourth-order valence-corrected chi connectivity index (χ4v) is 1.69. The molecular weight excluding hydrogens is 204 g/mol. The van der Waals surface area contributed by atoms with Crippen LogP contribution in [0.2, 0.25) is 0 Å². The van der Waals surface area contributed by atoms with Crippen molar-refractivity contribution in [3.05, 3.63) is 12.2 Å². The molecule has 0 radical (unpaired) electrons. The Kier molecular flexibility index (Phi) is 5.42. The van der Waals surface area contributed by atoms with Crippen molar-refractivity contribution in [3.8, 4) is 0 Å². The lowest BCUT2D eigenvalue weighted by Gasteiger charge is -2.15. The van der Waals surface area contributed by atoms with Crippen LogP contribution >= 0.6 is 0 Å². The van der Waals surface area contributed by atoms with Gasteiger partial charge < -0.3 is 10.5 Å². The van der Waals surface area contributed by atoms with Gasteiger partial charge in [0, 0.05) is 26.1 Å². The molecule has 5 nitrogen and oxygen atoms in total. The number of hydrogen-bond donors (Lipinski definition) is 1. The highest BCUT2D eigenvalue weighted by Crippen LogP contribution is 2.05. The molecule has 1 aromatic heterocycles. The van der Waals surface area contributed by atoms with Gasteiger partial charge in [0.1, 0.15) is 12.2 Å². The molecule has 1 heterocycles. The van der Waals surface area contributed by atoms with Gasteiger partial charge in [0.25, 0.3) is 0 Å². The molecule has 0 spiro atoms. The molecule has 92 valence electrons. The molecule has 0 amide bonds. The standard InChI is InChI=1S/C11H22N4O/c1-4-5-15-11(13-8-14-15)7-10(12)6-9(2)16-3/h8-10H,4-7,12H2,1-3H3. The Morgan fingerprint density at radius 1 is 1.56 bits per heavy atom. The maximum Gasteiger partial charge on any atom is 0.138 e. The van der Waals surface area contributed by atoms with E-state index in [1.807, 2.05) is 11.6 Å². The van der Waals surface area contributed by atoms with Gasteiger partial charge >= 0.3 is 0 Å². The number of aromatic nitrogens is 3. The van der Waals surface area contributed by atoms with Crippen molar-refractivity contribution in [2.75, 3.05) is 7.11 Å². The van der Waals surface area contributed by atoms with Gasteiger partial charge in [-0.2, -0.15) is 5.10 Å². The zero-order chi connectivity index (χ0) is 12.0. The summed E-state index contributed by atoms with van der Waals surface area (Å²) in [5, 5.41) is 4.18. The molecule has 2 atom stereocenters. The van der Waals surface area contributed by atoms with Crippen LogP contribution in [-0.2, 0) is 17.7 Å². The van der Waals surface area contributed by atoms with Crippen LogP contribution in [0.25, 0.3) is 0 Å². The molecule has 0 aliphatic carbocycles. The van der Waals surface area contributed by atoms with Crippen LogP contribution in [0.4, 0.5) is 0 Å². The quantitative estimate of drug-likeness (QED) is 0.752. The third-order valence-corrected chi connectivity index (χ3v) is 2.61. The summed E-state index contributed by atoms with van der Waals surface area (Å²) in [6, 6.07) is 0.0785. The van der Waals surface area contributed by atoms with Crippen LogP contribution in [0.3, 0.4) is 0 Å². The predicted octanol–water partition coefficient (Wildman–Crippen LogP) is 0.983. The second-order valence-electron chi connectivity index (χ2n) is 4.15. The highest BCUT2D eigenvalue weighted by atomic mass is 16.5. The minimum absolute atomic E-state index is 0.0785. The van der Waals surface area contributed by atoms with E-state index in [2.05, 4.69) is 17.0 Å². The molecule has 0 aliphatic rings. The zero-order valence-corrected chi connectivity index (χ0v) is 10.4. The van der Waals surface area contributed by atoms with E-state index in [9.17, 15) is 0 Å². The van der Waals surface area contributed by atoms with Crippen molar-refractivity contribution in [3.63, 3.8) is 0 Å². The molecule has 0 fully saturated rings. The Bertz CT molecular complexity index is 300. The Morgan fingerprint density at radius 3 is 2.94 bits per heavy atom. The van der Waals surface area contributed by atoms with Crippen molar-refractivity contribution < 1.29 is 4.74 Å². The Morgan fingerprint density at radius 2 is 2.31 bits per heavy atom. The molecule has 1 rings (SSSR count). The monoisotopic (exact) mass is 226 g/mol. The summed E-state index contributed by atoms with van der Waals surface area (Å²) >= 11 is 0. The van der Waals surface area contributed by atoms with Gasteiger partial charge in [-0.1, -0.05) is 6.92 Å². The number of aryl methyl sites for hydroxylation is 1. The third kappa shape index (κ3) is 3.90. The number of rotatable bonds is 7. The number of ether oxygens (including phenoxy) is 1. The Balaban J connectivity index is 2.48. The normalized spacial score (nSPS) is 15.0. The van der Waals surface area contributed by atoms with E-state index >= 15 is 0 Å². The first-order valence-corrected chi connectivity index (χ1v) is 5.82. The topological polar surface area (TPSA) is 66.0 Å². The smallest absolute Gasteiger partial charge is 0.138 e. The minimum atomic E-state index is 0.0785. The van der Waals surface area contributed by atoms with Crippen molar-refractivity contribution in [2.45, 2.75) is 51.8 Å². The molecule has 0 saturated carbocycles. The van der Waals surface area contributed by atoms with Crippen molar-refractivity contribution in [2.24, 2.45) is 5.73 Å². The number of methoxy groups -OCH3 is 1. The maximum atomic E-state index is 6.05. The van der Waals surface area contributed by atoms with Crippen LogP contribution in [0.5, 0.6) is 0 Å². The minimum Gasteiger partial charge on any atom is -0.382 e. The number of nitrogens with two attached hydrogens (primary N) is 1. The molecule has 2 unspecified atom stereocenters. The van der Waals surface area contributed by atoms with E-state index in [1.165, 1.54) is 0 Å². The Hall–Kier alpha value is -0.940. The van der Waals surface area contributed by atoms with Crippen LogP contribution in [0, 0.1) is 0 Å². The molecule has 0 saturated heterocycles. The average Bonchev–Trinajstić information content (AvgIpc) is 2.66. The second-order valence-corrected chi connectivity index (χ2v) is 4.15. The molecule has 0 aromatic carbocycles. The van der Waals surface area contributed by atoms with Gasteiger partial charge in [-0.05, 0) is 19.8 Å². The molecule has 5 heteroatoms. The Labute approximate surface area is 97.0 Å². The fourth-order valence-electron chi connectivity index (χ4n) is 1.69. The first kappa shape index (κ1) is 13.1. The summed E-state index contributed by atoms with van der Waals surface area (Å²) in [5.74, 6) is 0.970. The summed E-state index contributed by atoms with van der Waals surface area (Å²) in [7, 11) is 1.71. The van der Waals surface area contributed by atoms with Gasteiger partial charge in [0.15, 0.2) is 0 Å². The van der Waals surface area contributed by atoms with E-state index in [1.54, 1.807) is 13.4 Å². The first-order valence-electron chi connectivity index (χ1n) is 5.82. The largest absolute Gasteiger partial charge is 0.382 e. The van der Waals surface area contributed by atoms with Crippen LogP contribution < -0.4 is 5.73 Å². The maximum absolute atomic E-state index is 6.05. The summed E-state index contributed by atoms with van der Waals surface area (Å²) in [6.07, 6.45) is 4.44. The van der Waals surface area contributed by atoms with Crippen LogP contribution in [0.15, 0.2) is 6.33 Å². The highest BCUT2D eigenvalue weighted by molar-refractivity contribution is 4.89. The van der Waals surface area contributed by atoms with Crippen LogP contribution in [0.1, 0.15) is 32.5 Å². The lowest BCUT2D eigenvalue weighted by molar-refractivity contribution is 0.104. The molecule has 0 aliphatic heterocycles. The molecule has 1 aromatic rings. The number of hydrogen-bond acceptors (Lipinski definition) is 4. The molecule has 16 heavy (non-hydrogen) atoms. The van der Waals surface area contributed by atoms with Gasteiger partial charge in [-0.25, -0.2) is 4.98 Å². The van der Waals surface area contributed by atoms with Crippen molar-refractivity contribution in [1.29, 1.82) is 0 Å². The van der Waals surface area contributed by atoms with E-state index in [0.717, 1.165) is 31.6 Å². The van der Waals surface area contributed by atoms with E-state index in [4.69, 9.17) is 10.5 Å². The van der Waals surface area contributed by atoms with Gasteiger partial charge in [-0.3, -0.25) is 4.68 Å². The average molecular weight is 226 g/mol. The van der Waals surface area contributed by atoms with Gasteiger partial charge in [0.05, 0.1) is 6.10 Å². The summed E-state index contributed by atoms with van der Waals surface area (Å²) in [6.45, 7) is 5.05. The van der Waals surface area contributed by atoms with Gasteiger partial charge in [-0.15, -0.1) is 0 Å².